The molecule has 1 aliphatic rings. The predicted octanol–water partition coefficient (Wildman–Crippen LogP) is 4.11. The summed E-state index contributed by atoms with van der Waals surface area (Å²) in [7, 11) is 0. The number of hydrogen-bond acceptors (Lipinski definition) is 5. The summed E-state index contributed by atoms with van der Waals surface area (Å²) in [6.45, 7) is 2.81. The van der Waals surface area contributed by atoms with Crippen LogP contribution >= 0.6 is 22.9 Å². The first-order chi connectivity index (χ1) is 9.78. The van der Waals surface area contributed by atoms with Gasteiger partial charge in [0.05, 0.1) is 12.2 Å². The van der Waals surface area contributed by atoms with Gasteiger partial charge in [0.1, 0.15) is 5.02 Å². The lowest BCUT2D eigenvalue weighted by Crippen LogP contribution is -2.17. The summed E-state index contributed by atoms with van der Waals surface area (Å²) in [5, 5.41) is 9.31. The minimum Gasteiger partial charge on any atom is -0.362 e. The van der Waals surface area contributed by atoms with Gasteiger partial charge in [0.15, 0.2) is 5.82 Å². The molecule has 1 atom stereocenters. The van der Waals surface area contributed by atoms with Crippen molar-refractivity contribution in [3.05, 3.63) is 33.1 Å². The van der Waals surface area contributed by atoms with E-state index in [4.69, 9.17) is 11.6 Å². The zero-order valence-electron chi connectivity index (χ0n) is 11.3. The molecule has 0 radical (unpaired) electrons. The third-order valence-corrected chi connectivity index (χ3v) is 4.71. The van der Waals surface area contributed by atoms with Gasteiger partial charge in [-0.2, -0.15) is 4.98 Å². The Morgan fingerprint density at radius 2 is 2.40 bits per heavy atom. The lowest BCUT2D eigenvalue weighted by Gasteiger charge is -2.24. The number of nitrogens with one attached hydrogen (secondary N) is 2. The molecular weight excluding hydrogens is 292 g/mol. The first kappa shape index (κ1) is 13.6. The van der Waals surface area contributed by atoms with E-state index >= 15 is 0 Å². The van der Waals surface area contributed by atoms with E-state index in [1.54, 1.807) is 6.20 Å². The number of aryl methyl sites for hydroxylation is 1. The number of aromatic nitrogens is 2. The molecule has 1 unspecified atom stereocenters. The minimum absolute atomic E-state index is 0.298. The van der Waals surface area contributed by atoms with Gasteiger partial charge in [-0.15, -0.1) is 11.3 Å². The Balaban J connectivity index is 1.83. The van der Waals surface area contributed by atoms with Gasteiger partial charge in [-0.1, -0.05) is 11.6 Å². The molecule has 0 aromatic carbocycles. The monoisotopic (exact) mass is 308 g/mol. The molecule has 0 saturated heterocycles. The van der Waals surface area contributed by atoms with Crippen molar-refractivity contribution in [2.24, 2.45) is 0 Å². The van der Waals surface area contributed by atoms with Crippen molar-refractivity contribution < 1.29 is 0 Å². The number of halogens is 1. The zero-order chi connectivity index (χ0) is 13.9. The fourth-order valence-electron chi connectivity index (χ4n) is 2.51. The van der Waals surface area contributed by atoms with E-state index in [2.05, 4.69) is 32.0 Å². The largest absolute Gasteiger partial charge is 0.362 e. The summed E-state index contributed by atoms with van der Waals surface area (Å²) in [5.41, 5.74) is 1.39. The topological polar surface area (TPSA) is 49.8 Å². The van der Waals surface area contributed by atoms with Crippen molar-refractivity contribution in [2.45, 2.75) is 32.2 Å². The summed E-state index contributed by atoms with van der Waals surface area (Å²) < 4.78 is 0. The maximum Gasteiger partial charge on any atom is 0.224 e. The van der Waals surface area contributed by atoms with Crippen LogP contribution in [0, 0.1) is 0 Å². The summed E-state index contributed by atoms with van der Waals surface area (Å²) in [6.07, 6.45) is 5.14. The van der Waals surface area contributed by atoms with Crippen LogP contribution in [0.4, 0.5) is 11.8 Å². The third-order valence-electron chi connectivity index (χ3n) is 3.44. The van der Waals surface area contributed by atoms with Crippen LogP contribution in [0.1, 0.15) is 36.2 Å². The first-order valence-corrected chi connectivity index (χ1v) is 8.13. The van der Waals surface area contributed by atoms with Crippen LogP contribution in [-0.2, 0) is 6.42 Å². The smallest absolute Gasteiger partial charge is 0.224 e. The van der Waals surface area contributed by atoms with Crippen LogP contribution in [0.3, 0.4) is 0 Å². The molecule has 20 heavy (non-hydrogen) atoms. The lowest BCUT2D eigenvalue weighted by molar-refractivity contribution is 0.607. The van der Waals surface area contributed by atoms with Gasteiger partial charge in [0.25, 0.3) is 0 Å². The average Bonchev–Trinajstić information content (AvgIpc) is 2.92. The lowest BCUT2D eigenvalue weighted by atomic mass is 9.94. The van der Waals surface area contributed by atoms with Crippen molar-refractivity contribution >= 4 is 34.7 Å². The van der Waals surface area contributed by atoms with E-state index in [0.717, 1.165) is 13.0 Å². The molecule has 3 rings (SSSR count). The minimum atomic E-state index is 0.298. The van der Waals surface area contributed by atoms with Gasteiger partial charge in [-0.25, -0.2) is 4.98 Å². The Kier molecular flexibility index (Phi) is 4.08. The van der Waals surface area contributed by atoms with Gasteiger partial charge in [-0.3, -0.25) is 0 Å². The molecule has 2 heterocycles. The quantitative estimate of drug-likeness (QED) is 0.892. The van der Waals surface area contributed by atoms with Gasteiger partial charge < -0.3 is 10.6 Å². The van der Waals surface area contributed by atoms with Crippen molar-refractivity contribution in [2.75, 3.05) is 17.2 Å². The van der Waals surface area contributed by atoms with Crippen LogP contribution in [-0.4, -0.2) is 16.5 Å². The number of rotatable bonds is 4. The molecule has 0 fully saturated rings. The van der Waals surface area contributed by atoms with Gasteiger partial charge in [-0.05, 0) is 43.2 Å². The van der Waals surface area contributed by atoms with Crippen molar-refractivity contribution in [1.29, 1.82) is 0 Å². The first-order valence-electron chi connectivity index (χ1n) is 6.87. The molecule has 6 heteroatoms. The van der Waals surface area contributed by atoms with Crippen LogP contribution in [0.15, 0.2) is 17.6 Å². The van der Waals surface area contributed by atoms with Gasteiger partial charge in [0.2, 0.25) is 5.95 Å². The number of hydrogen-bond donors (Lipinski definition) is 2. The van der Waals surface area contributed by atoms with Crippen LogP contribution in [0.25, 0.3) is 0 Å². The summed E-state index contributed by atoms with van der Waals surface area (Å²) in [5.74, 6) is 1.32. The molecule has 0 amide bonds. The molecular formula is C14H17ClN4S. The second kappa shape index (κ2) is 5.97. The second-order valence-corrected chi connectivity index (χ2v) is 6.22. The molecule has 0 bridgehead atoms. The van der Waals surface area contributed by atoms with Crippen molar-refractivity contribution in [3.63, 3.8) is 0 Å². The van der Waals surface area contributed by atoms with E-state index in [9.17, 15) is 0 Å². The van der Waals surface area contributed by atoms with E-state index < -0.39 is 0 Å². The van der Waals surface area contributed by atoms with Crippen LogP contribution in [0.5, 0.6) is 0 Å². The molecule has 106 valence electrons. The summed E-state index contributed by atoms with van der Waals surface area (Å²) in [6, 6.07) is 2.50. The molecule has 0 aliphatic heterocycles. The Labute approximate surface area is 127 Å². The molecule has 0 spiro atoms. The van der Waals surface area contributed by atoms with E-state index in [-0.39, 0.29) is 0 Å². The highest BCUT2D eigenvalue weighted by Crippen LogP contribution is 2.36. The van der Waals surface area contributed by atoms with Gasteiger partial charge >= 0.3 is 0 Å². The van der Waals surface area contributed by atoms with Crippen LogP contribution < -0.4 is 10.6 Å². The van der Waals surface area contributed by atoms with E-state index in [0.29, 0.717) is 22.8 Å². The Hall–Kier alpha value is -1.33. The zero-order valence-corrected chi connectivity index (χ0v) is 12.9. The summed E-state index contributed by atoms with van der Waals surface area (Å²) >= 11 is 8.04. The molecule has 4 nitrogen and oxygen atoms in total. The maximum atomic E-state index is 6.20. The van der Waals surface area contributed by atoms with Crippen molar-refractivity contribution in [1.82, 2.24) is 9.97 Å². The second-order valence-electron chi connectivity index (χ2n) is 4.81. The maximum absolute atomic E-state index is 6.20. The normalized spacial score (nSPS) is 17.6. The van der Waals surface area contributed by atoms with Crippen LogP contribution in [0.2, 0.25) is 5.02 Å². The van der Waals surface area contributed by atoms with E-state index in [1.165, 1.54) is 23.3 Å². The Bertz CT molecular complexity index is 599. The number of fused-ring (bicyclic) bond motifs is 1. The highest BCUT2D eigenvalue weighted by molar-refractivity contribution is 7.10. The highest BCUT2D eigenvalue weighted by atomic mass is 35.5. The molecule has 1 aliphatic carbocycles. The molecule has 0 saturated carbocycles. The average molecular weight is 309 g/mol. The van der Waals surface area contributed by atoms with Crippen molar-refractivity contribution in [3.8, 4) is 0 Å². The standard InChI is InChI=1S/C14H17ClN4S/c1-2-16-14-17-8-10(15)13(19-14)18-11-4-3-5-12-9(11)6-7-20-12/h6-8,11H,2-5H2,1H3,(H2,16,17,18,19). The third kappa shape index (κ3) is 2.74. The number of anilines is 2. The Morgan fingerprint density at radius 1 is 1.50 bits per heavy atom. The Morgan fingerprint density at radius 3 is 3.25 bits per heavy atom. The number of thiophene rings is 1. The SMILES string of the molecule is CCNc1ncc(Cl)c(NC2CCCc3sccc32)n1. The molecule has 2 N–H and O–H groups in total. The fourth-order valence-corrected chi connectivity index (χ4v) is 3.65. The fraction of sp³-hybridized carbons (Fsp3) is 0.429. The van der Waals surface area contributed by atoms with E-state index in [1.807, 2.05) is 18.3 Å². The summed E-state index contributed by atoms with van der Waals surface area (Å²) in [4.78, 5) is 10.1. The predicted molar refractivity (Wildman–Crippen MR) is 84.8 cm³/mol. The highest BCUT2D eigenvalue weighted by Gasteiger charge is 2.22. The molecule has 2 aromatic rings. The van der Waals surface area contributed by atoms with Gasteiger partial charge in [0, 0.05) is 11.4 Å². The molecule has 2 aromatic heterocycles. The number of nitrogens with zero attached hydrogens (tertiary/aromatic N) is 2.